The third-order valence-corrected chi connectivity index (χ3v) is 2.60. The van der Waals surface area contributed by atoms with Crippen LogP contribution in [0.25, 0.3) is 0 Å². The van der Waals surface area contributed by atoms with Crippen molar-refractivity contribution in [1.29, 1.82) is 0 Å². The molecule has 0 saturated heterocycles. The van der Waals surface area contributed by atoms with Crippen molar-refractivity contribution in [3.63, 3.8) is 0 Å². The van der Waals surface area contributed by atoms with Gasteiger partial charge in [0.1, 0.15) is 11.6 Å². The van der Waals surface area contributed by atoms with Crippen LogP contribution in [0, 0.1) is 6.92 Å². The Morgan fingerprint density at radius 2 is 2.12 bits per heavy atom. The summed E-state index contributed by atoms with van der Waals surface area (Å²) in [6, 6.07) is 2.28. The molecule has 0 aliphatic rings. The number of hydrogen-bond acceptors (Lipinski definition) is 4. The Kier molecular flexibility index (Phi) is 5.19. The van der Waals surface area contributed by atoms with Crippen LogP contribution in [0.3, 0.4) is 0 Å². The summed E-state index contributed by atoms with van der Waals surface area (Å²) in [5, 5.41) is 3.29. The zero-order valence-electron chi connectivity index (χ0n) is 10.5. The summed E-state index contributed by atoms with van der Waals surface area (Å²) in [5.41, 5.74) is 6.93. The van der Waals surface area contributed by atoms with Gasteiger partial charge in [0, 0.05) is 24.3 Å². The van der Waals surface area contributed by atoms with Crippen LogP contribution >= 0.6 is 0 Å². The first-order valence-electron chi connectivity index (χ1n) is 5.99. The van der Waals surface area contributed by atoms with E-state index < -0.39 is 0 Å². The van der Waals surface area contributed by atoms with E-state index >= 15 is 0 Å². The number of nitrogens with two attached hydrogens (primary N) is 1. The highest BCUT2D eigenvalue weighted by atomic mass is 15.0. The van der Waals surface area contributed by atoms with E-state index in [1.807, 2.05) is 13.0 Å². The van der Waals surface area contributed by atoms with Gasteiger partial charge >= 0.3 is 0 Å². The fourth-order valence-corrected chi connectivity index (χ4v) is 1.49. The highest BCUT2D eigenvalue weighted by Gasteiger charge is 2.01. The normalized spacial score (nSPS) is 12.5. The van der Waals surface area contributed by atoms with Crippen LogP contribution in [0.2, 0.25) is 0 Å². The van der Waals surface area contributed by atoms with Gasteiger partial charge in [0.05, 0.1) is 0 Å². The number of anilines is 1. The molecule has 1 aromatic heterocycles. The lowest BCUT2D eigenvalue weighted by atomic mass is 10.2. The van der Waals surface area contributed by atoms with E-state index in [-0.39, 0.29) is 6.04 Å². The van der Waals surface area contributed by atoms with Gasteiger partial charge in [-0.1, -0.05) is 13.8 Å². The second kappa shape index (κ2) is 6.43. The molecule has 16 heavy (non-hydrogen) atoms. The summed E-state index contributed by atoms with van der Waals surface area (Å²) in [6.45, 7) is 6.99. The second-order valence-corrected chi connectivity index (χ2v) is 4.03. The van der Waals surface area contributed by atoms with Gasteiger partial charge in [-0.15, -0.1) is 0 Å². The van der Waals surface area contributed by atoms with Crippen LogP contribution in [0.15, 0.2) is 6.07 Å². The van der Waals surface area contributed by atoms with Gasteiger partial charge in [0.15, 0.2) is 0 Å². The molecule has 1 unspecified atom stereocenters. The summed E-state index contributed by atoms with van der Waals surface area (Å²) < 4.78 is 0. The molecule has 4 heteroatoms. The van der Waals surface area contributed by atoms with Crippen molar-refractivity contribution >= 4 is 5.82 Å². The Labute approximate surface area is 97.7 Å². The minimum atomic E-state index is 0.279. The molecule has 1 aromatic rings. The van der Waals surface area contributed by atoms with E-state index in [0.717, 1.165) is 43.1 Å². The van der Waals surface area contributed by atoms with E-state index in [0.29, 0.717) is 0 Å². The van der Waals surface area contributed by atoms with Gasteiger partial charge in [-0.3, -0.25) is 0 Å². The highest BCUT2D eigenvalue weighted by Crippen LogP contribution is 2.07. The minimum absolute atomic E-state index is 0.279. The van der Waals surface area contributed by atoms with E-state index in [2.05, 4.69) is 29.1 Å². The number of aromatic nitrogens is 2. The van der Waals surface area contributed by atoms with Gasteiger partial charge < -0.3 is 11.1 Å². The maximum Gasteiger partial charge on any atom is 0.129 e. The molecule has 0 aliphatic heterocycles. The molecule has 4 nitrogen and oxygen atoms in total. The highest BCUT2D eigenvalue weighted by molar-refractivity contribution is 5.35. The first-order valence-corrected chi connectivity index (χ1v) is 5.99. The summed E-state index contributed by atoms with van der Waals surface area (Å²) in [7, 11) is 0. The zero-order chi connectivity index (χ0) is 12.0. The van der Waals surface area contributed by atoms with E-state index in [4.69, 9.17) is 5.73 Å². The van der Waals surface area contributed by atoms with E-state index in [1.165, 1.54) is 0 Å². The molecule has 0 aromatic carbocycles. The Bertz CT molecular complexity index is 325. The average molecular weight is 222 g/mol. The summed E-state index contributed by atoms with van der Waals surface area (Å²) in [4.78, 5) is 8.68. The number of nitrogens with zero attached hydrogens (tertiary/aromatic N) is 2. The Hall–Kier alpha value is -1.16. The standard InChI is InChI=1S/C12H22N4/c1-4-10(13)6-7-14-12-8-11(5-2)15-9(3)16-12/h8,10H,4-7,13H2,1-3H3,(H,14,15,16). The van der Waals surface area contributed by atoms with E-state index in [9.17, 15) is 0 Å². The van der Waals surface area contributed by atoms with Crippen molar-refractivity contribution < 1.29 is 0 Å². The average Bonchev–Trinajstić information content (AvgIpc) is 2.28. The molecule has 0 saturated carbocycles. The molecular formula is C12H22N4. The Morgan fingerprint density at radius 3 is 2.75 bits per heavy atom. The monoisotopic (exact) mass is 222 g/mol. The summed E-state index contributed by atoms with van der Waals surface area (Å²) in [6.07, 6.45) is 2.93. The molecule has 3 N–H and O–H groups in total. The van der Waals surface area contributed by atoms with Crippen molar-refractivity contribution in [3.05, 3.63) is 17.6 Å². The van der Waals surface area contributed by atoms with Crippen molar-refractivity contribution in [2.24, 2.45) is 5.73 Å². The van der Waals surface area contributed by atoms with Crippen LogP contribution in [0.1, 0.15) is 38.2 Å². The summed E-state index contributed by atoms with van der Waals surface area (Å²) >= 11 is 0. The molecular weight excluding hydrogens is 200 g/mol. The lowest BCUT2D eigenvalue weighted by Crippen LogP contribution is -2.22. The van der Waals surface area contributed by atoms with Crippen molar-refractivity contribution in [2.75, 3.05) is 11.9 Å². The lowest BCUT2D eigenvalue weighted by Gasteiger charge is -2.11. The van der Waals surface area contributed by atoms with Crippen molar-refractivity contribution in [3.8, 4) is 0 Å². The van der Waals surface area contributed by atoms with Crippen LogP contribution in [-0.4, -0.2) is 22.6 Å². The fraction of sp³-hybridized carbons (Fsp3) is 0.667. The third kappa shape index (κ3) is 4.14. The smallest absolute Gasteiger partial charge is 0.129 e. The van der Waals surface area contributed by atoms with Gasteiger partial charge in [-0.2, -0.15) is 0 Å². The molecule has 1 heterocycles. The Morgan fingerprint density at radius 1 is 1.38 bits per heavy atom. The zero-order valence-corrected chi connectivity index (χ0v) is 10.5. The predicted molar refractivity (Wildman–Crippen MR) is 67.5 cm³/mol. The molecule has 0 amide bonds. The second-order valence-electron chi connectivity index (χ2n) is 4.03. The SMILES string of the molecule is CCc1cc(NCCC(N)CC)nc(C)n1. The third-order valence-electron chi connectivity index (χ3n) is 2.60. The first kappa shape index (κ1) is 12.9. The van der Waals surface area contributed by atoms with Gasteiger partial charge in [-0.05, 0) is 26.2 Å². The van der Waals surface area contributed by atoms with Gasteiger partial charge in [0.25, 0.3) is 0 Å². The molecule has 0 bridgehead atoms. The Balaban J connectivity index is 2.50. The maximum absolute atomic E-state index is 5.85. The minimum Gasteiger partial charge on any atom is -0.370 e. The molecule has 90 valence electrons. The number of aryl methyl sites for hydroxylation is 2. The largest absolute Gasteiger partial charge is 0.370 e. The first-order chi connectivity index (χ1) is 7.65. The van der Waals surface area contributed by atoms with Gasteiger partial charge in [0.2, 0.25) is 0 Å². The quantitative estimate of drug-likeness (QED) is 0.771. The maximum atomic E-state index is 5.85. The molecule has 0 spiro atoms. The number of nitrogens with one attached hydrogen (secondary N) is 1. The topological polar surface area (TPSA) is 63.8 Å². The number of hydrogen-bond donors (Lipinski definition) is 2. The number of rotatable bonds is 6. The molecule has 0 aliphatic carbocycles. The summed E-state index contributed by atoms with van der Waals surface area (Å²) in [5.74, 6) is 1.73. The van der Waals surface area contributed by atoms with E-state index in [1.54, 1.807) is 0 Å². The van der Waals surface area contributed by atoms with Crippen LogP contribution in [0.4, 0.5) is 5.82 Å². The van der Waals surface area contributed by atoms with Gasteiger partial charge in [-0.25, -0.2) is 9.97 Å². The predicted octanol–water partition coefficient (Wildman–Crippen LogP) is 1.89. The molecule has 1 rings (SSSR count). The van der Waals surface area contributed by atoms with Crippen molar-refractivity contribution in [2.45, 2.75) is 46.1 Å². The molecule has 1 atom stereocenters. The molecule has 0 radical (unpaired) electrons. The van der Waals surface area contributed by atoms with Crippen molar-refractivity contribution in [1.82, 2.24) is 9.97 Å². The fourth-order valence-electron chi connectivity index (χ4n) is 1.49. The van der Waals surface area contributed by atoms with Crippen LogP contribution in [-0.2, 0) is 6.42 Å². The lowest BCUT2D eigenvalue weighted by molar-refractivity contribution is 0.613. The van der Waals surface area contributed by atoms with Crippen LogP contribution in [0.5, 0.6) is 0 Å². The van der Waals surface area contributed by atoms with Crippen LogP contribution < -0.4 is 11.1 Å². The molecule has 0 fully saturated rings.